The van der Waals surface area contributed by atoms with Crippen LogP contribution in [-0.2, 0) is 11.2 Å². The Bertz CT molecular complexity index is 939. The van der Waals surface area contributed by atoms with Crippen molar-refractivity contribution in [3.8, 4) is 5.75 Å². The molecular weight excluding hydrogens is 400 g/mol. The molecule has 2 aromatic rings. The minimum Gasteiger partial charge on any atom is -0.490 e. The van der Waals surface area contributed by atoms with Gasteiger partial charge in [-0.05, 0) is 37.0 Å². The summed E-state index contributed by atoms with van der Waals surface area (Å²) in [7, 11) is 1.70. The molecule has 2 aromatic carbocycles. The van der Waals surface area contributed by atoms with Gasteiger partial charge < -0.3 is 15.0 Å². The van der Waals surface area contributed by atoms with E-state index in [1.807, 2.05) is 55.5 Å². The Morgan fingerprint density at radius 1 is 1.00 bits per heavy atom. The van der Waals surface area contributed by atoms with E-state index in [-0.39, 0.29) is 29.9 Å². The molecule has 0 aliphatic carbocycles. The van der Waals surface area contributed by atoms with Crippen LogP contribution in [0.4, 0.5) is 0 Å². The number of benzene rings is 2. The summed E-state index contributed by atoms with van der Waals surface area (Å²) in [4.78, 5) is 28.5. The molecule has 170 valence electrons. The number of carbonyl (C=O) groups is 2. The van der Waals surface area contributed by atoms with E-state index in [0.717, 1.165) is 18.4 Å². The Balaban J connectivity index is 2.00. The van der Waals surface area contributed by atoms with Crippen LogP contribution in [0.5, 0.6) is 5.75 Å². The maximum atomic E-state index is 13.5. The molecule has 1 N–H and O–H groups in total. The van der Waals surface area contributed by atoms with Gasteiger partial charge in [0.1, 0.15) is 11.8 Å². The summed E-state index contributed by atoms with van der Waals surface area (Å²) in [5.41, 5.74) is 1.47. The second-order valence-electron chi connectivity index (χ2n) is 8.85. The summed E-state index contributed by atoms with van der Waals surface area (Å²) in [6, 6.07) is 16.4. The van der Waals surface area contributed by atoms with Gasteiger partial charge in [0.05, 0.1) is 11.7 Å². The first-order valence-electron chi connectivity index (χ1n) is 11.4. The van der Waals surface area contributed by atoms with Crippen LogP contribution in [0, 0.1) is 5.92 Å². The average Bonchev–Trinajstić information content (AvgIpc) is 2.78. The summed E-state index contributed by atoms with van der Waals surface area (Å²) in [6.07, 6.45) is 6.05. The topological polar surface area (TPSA) is 58.6 Å². The number of para-hydroxylation sites is 1. The Labute approximate surface area is 191 Å². The molecular formula is C27H34N2O3. The number of rotatable bonds is 3. The van der Waals surface area contributed by atoms with Crippen LogP contribution in [0.3, 0.4) is 0 Å². The van der Waals surface area contributed by atoms with E-state index in [0.29, 0.717) is 17.7 Å². The number of carbonyl (C=O) groups excluding carboxylic acids is 2. The zero-order valence-corrected chi connectivity index (χ0v) is 19.5. The van der Waals surface area contributed by atoms with Gasteiger partial charge in [0.2, 0.25) is 5.91 Å². The highest BCUT2D eigenvalue weighted by atomic mass is 16.5. The molecule has 0 fully saturated rings. The standard InChI is InChI=1S/C27H34N2O3/c1-19(2)23-16-10-8-12-20(3)32-25-17-11-9-15-22(25)27(31)29(4)24(26(30)28-23)18-21-13-6-5-7-14-21/h5-11,13-15,17,19-20,23-24H,12,16,18H2,1-4H3,(H,28,30)/b10-8+/t20-,23-,24+/m0/s1. The quantitative estimate of drug-likeness (QED) is 0.717. The number of likely N-dealkylation sites (N-methyl/N-ethyl adjacent to an activating group) is 1. The summed E-state index contributed by atoms with van der Waals surface area (Å²) in [5, 5.41) is 3.21. The minimum atomic E-state index is -0.636. The van der Waals surface area contributed by atoms with Crippen molar-refractivity contribution in [2.75, 3.05) is 7.05 Å². The molecule has 3 rings (SSSR count). The lowest BCUT2D eigenvalue weighted by molar-refractivity contribution is -0.126. The van der Waals surface area contributed by atoms with E-state index in [1.54, 1.807) is 18.0 Å². The third-order valence-corrected chi connectivity index (χ3v) is 5.97. The average molecular weight is 435 g/mol. The molecule has 0 saturated heterocycles. The van der Waals surface area contributed by atoms with Crippen LogP contribution in [0.2, 0.25) is 0 Å². The summed E-state index contributed by atoms with van der Waals surface area (Å²) >= 11 is 0. The number of hydrogen-bond donors (Lipinski definition) is 1. The van der Waals surface area contributed by atoms with E-state index < -0.39 is 6.04 Å². The second kappa shape index (κ2) is 11.0. The number of amides is 2. The lowest BCUT2D eigenvalue weighted by Gasteiger charge is -2.31. The molecule has 5 heteroatoms. The summed E-state index contributed by atoms with van der Waals surface area (Å²) in [5.74, 6) is 0.448. The van der Waals surface area contributed by atoms with E-state index in [2.05, 4.69) is 31.3 Å². The highest BCUT2D eigenvalue weighted by Crippen LogP contribution is 2.24. The Hall–Kier alpha value is -3.08. The molecule has 0 saturated carbocycles. The molecule has 5 nitrogen and oxygen atoms in total. The largest absolute Gasteiger partial charge is 0.490 e. The molecule has 32 heavy (non-hydrogen) atoms. The van der Waals surface area contributed by atoms with Gasteiger partial charge in [0, 0.05) is 25.9 Å². The molecule has 2 amide bonds. The molecule has 0 bridgehead atoms. The minimum absolute atomic E-state index is 0.00743. The Kier molecular flexibility index (Phi) is 8.09. The Morgan fingerprint density at radius 3 is 2.38 bits per heavy atom. The molecule has 0 unspecified atom stereocenters. The van der Waals surface area contributed by atoms with Crippen LogP contribution < -0.4 is 10.1 Å². The highest BCUT2D eigenvalue weighted by Gasteiger charge is 2.31. The van der Waals surface area contributed by atoms with Crippen molar-refractivity contribution in [3.63, 3.8) is 0 Å². The first-order chi connectivity index (χ1) is 15.4. The molecule has 1 aliphatic rings. The molecule has 1 aliphatic heterocycles. The van der Waals surface area contributed by atoms with Crippen LogP contribution in [0.15, 0.2) is 66.7 Å². The van der Waals surface area contributed by atoms with Crippen molar-refractivity contribution in [3.05, 3.63) is 77.9 Å². The van der Waals surface area contributed by atoms with E-state index in [9.17, 15) is 9.59 Å². The zero-order chi connectivity index (χ0) is 23.1. The SMILES string of the molecule is CC(C)[C@@H]1C/C=C/C[C@H](C)Oc2ccccc2C(=O)N(C)[C@H](Cc2ccccc2)C(=O)N1. The number of nitrogens with one attached hydrogen (secondary N) is 1. The fourth-order valence-electron chi connectivity index (χ4n) is 3.89. The maximum absolute atomic E-state index is 13.5. The third kappa shape index (κ3) is 6.00. The van der Waals surface area contributed by atoms with E-state index in [1.165, 1.54) is 0 Å². The zero-order valence-electron chi connectivity index (χ0n) is 19.5. The van der Waals surface area contributed by atoms with Crippen LogP contribution in [0.1, 0.15) is 49.5 Å². The molecule has 0 spiro atoms. The van der Waals surface area contributed by atoms with Crippen molar-refractivity contribution in [1.82, 2.24) is 10.2 Å². The molecule has 1 heterocycles. The first-order valence-corrected chi connectivity index (χ1v) is 11.4. The van der Waals surface area contributed by atoms with Gasteiger partial charge in [-0.3, -0.25) is 9.59 Å². The predicted molar refractivity (Wildman–Crippen MR) is 128 cm³/mol. The Morgan fingerprint density at radius 2 is 1.66 bits per heavy atom. The van der Waals surface area contributed by atoms with Gasteiger partial charge in [-0.25, -0.2) is 0 Å². The normalized spacial score (nSPS) is 23.7. The fourth-order valence-corrected chi connectivity index (χ4v) is 3.89. The van der Waals surface area contributed by atoms with Crippen LogP contribution in [0.25, 0.3) is 0 Å². The van der Waals surface area contributed by atoms with Crippen LogP contribution in [-0.4, -0.2) is 41.9 Å². The van der Waals surface area contributed by atoms with Gasteiger partial charge in [-0.15, -0.1) is 0 Å². The lowest BCUT2D eigenvalue weighted by atomic mass is 9.98. The number of nitrogens with zero attached hydrogens (tertiary/aromatic N) is 1. The number of fused-ring (bicyclic) bond motifs is 1. The summed E-state index contributed by atoms with van der Waals surface area (Å²) in [6.45, 7) is 6.21. The first kappa shape index (κ1) is 23.6. The van der Waals surface area contributed by atoms with Crippen LogP contribution >= 0.6 is 0 Å². The van der Waals surface area contributed by atoms with Gasteiger partial charge >= 0.3 is 0 Å². The van der Waals surface area contributed by atoms with Crippen molar-refractivity contribution >= 4 is 11.8 Å². The summed E-state index contributed by atoms with van der Waals surface area (Å²) < 4.78 is 6.11. The van der Waals surface area contributed by atoms with Crippen molar-refractivity contribution in [1.29, 1.82) is 0 Å². The van der Waals surface area contributed by atoms with Crippen molar-refractivity contribution in [2.45, 2.75) is 58.2 Å². The van der Waals surface area contributed by atoms with Gasteiger partial charge in [0.25, 0.3) is 5.91 Å². The third-order valence-electron chi connectivity index (χ3n) is 5.97. The second-order valence-corrected chi connectivity index (χ2v) is 8.85. The van der Waals surface area contributed by atoms with Crippen molar-refractivity contribution < 1.29 is 14.3 Å². The van der Waals surface area contributed by atoms with Gasteiger partial charge in [-0.1, -0.05) is 68.5 Å². The molecule has 0 radical (unpaired) electrons. The van der Waals surface area contributed by atoms with Gasteiger partial charge in [0.15, 0.2) is 0 Å². The lowest BCUT2D eigenvalue weighted by Crippen LogP contribution is -2.52. The van der Waals surface area contributed by atoms with E-state index in [4.69, 9.17) is 4.74 Å². The van der Waals surface area contributed by atoms with Crippen molar-refractivity contribution in [2.24, 2.45) is 5.92 Å². The molecule has 3 atom stereocenters. The number of hydrogen-bond acceptors (Lipinski definition) is 3. The smallest absolute Gasteiger partial charge is 0.258 e. The monoisotopic (exact) mass is 434 g/mol. The van der Waals surface area contributed by atoms with Gasteiger partial charge in [-0.2, -0.15) is 0 Å². The highest BCUT2D eigenvalue weighted by molar-refractivity contribution is 5.99. The fraction of sp³-hybridized carbons (Fsp3) is 0.407. The predicted octanol–water partition coefficient (Wildman–Crippen LogP) is 4.63. The molecule has 0 aromatic heterocycles. The van der Waals surface area contributed by atoms with E-state index >= 15 is 0 Å². The number of ether oxygens (including phenoxy) is 1. The maximum Gasteiger partial charge on any atom is 0.258 e.